The van der Waals surface area contributed by atoms with Crippen LogP contribution in [0.4, 0.5) is 5.82 Å². The van der Waals surface area contributed by atoms with Gasteiger partial charge in [0.2, 0.25) is 5.78 Å². The van der Waals surface area contributed by atoms with E-state index >= 15 is 0 Å². The monoisotopic (exact) mass is 694 g/mol. The number of rotatable bonds is 9. The third kappa shape index (κ3) is 5.54. The van der Waals surface area contributed by atoms with Crippen molar-refractivity contribution >= 4 is 78.9 Å². The number of thiazole rings is 1. The molecule has 0 bridgehead atoms. The Hall–Kier alpha value is -5.08. The molecule has 0 amide bonds. The Balaban J connectivity index is 1.46. The summed E-state index contributed by atoms with van der Waals surface area (Å²) in [5.41, 5.74) is 3.50. The molecule has 0 aliphatic rings. The number of imidazole rings is 1. The molecule has 10 heteroatoms. The average molecular weight is 695 g/mol. The Morgan fingerprint density at radius 1 is 0.735 bits per heavy atom. The van der Waals surface area contributed by atoms with Crippen molar-refractivity contribution in [2.45, 2.75) is 11.6 Å². The van der Waals surface area contributed by atoms with Crippen LogP contribution in [0.5, 0.6) is 0 Å². The van der Waals surface area contributed by atoms with Crippen LogP contribution in [0.2, 0.25) is 0 Å². The van der Waals surface area contributed by atoms with Crippen LogP contribution >= 0.6 is 30.2 Å². The summed E-state index contributed by atoms with van der Waals surface area (Å²) in [4.78, 5) is 23.9. The lowest BCUT2D eigenvalue weighted by atomic mass is 10.3. The van der Waals surface area contributed by atoms with Crippen LogP contribution in [0, 0.1) is 0 Å². The van der Waals surface area contributed by atoms with Crippen molar-refractivity contribution in [3.63, 3.8) is 0 Å². The van der Waals surface area contributed by atoms with Gasteiger partial charge >= 0.3 is 0 Å². The maximum Gasteiger partial charge on any atom is 0.212 e. The van der Waals surface area contributed by atoms with E-state index in [0.717, 1.165) is 53.6 Å². The predicted molar refractivity (Wildman–Crippen MR) is 205 cm³/mol. The van der Waals surface area contributed by atoms with E-state index in [0.29, 0.717) is 10.8 Å². The molecule has 8 rings (SSSR count). The van der Waals surface area contributed by atoms with E-state index < -0.39 is 7.05 Å². The minimum atomic E-state index is -2.74. The van der Waals surface area contributed by atoms with E-state index in [4.69, 9.17) is 14.8 Å². The zero-order chi connectivity index (χ0) is 33.4. The molecule has 0 aliphatic heterocycles. The minimum absolute atomic E-state index is 0.0193. The molecule has 0 spiro atoms. The third-order valence-corrected chi connectivity index (χ3v) is 13.9. The zero-order valence-electron chi connectivity index (χ0n) is 26.8. The first-order chi connectivity index (χ1) is 24.1. The summed E-state index contributed by atoms with van der Waals surface area (Å²) in [5, 5.41) is 9.60. The summed E-state index contributed by atoms with van der Waals surface area (Å²) in [6, 6.07) is 47.4. The first kappa shape index (κ1) is 31.2. The third-order valence-electron chi connectivity index (χ3n) is 8.56. The van der Waals surface area contributed by atoms with Crippen LogP contribution in [-0.4, -0.2) is 36.4 Å². The van der Waals surface area contributed by atoms with Crippen LogP contribution < -0.4 is 15.9 Å². The quantitative estimate of drug-likeness (QED) is 0.0861. The molecule has 8 aromatic rings. The molecule has 7 nitrogen and oxygen atoms in total. The van der Waals surface area contributed by atoms with Crippen LogP contribution in [0.15, 0.2) is 149 Å². The second-order valence-corrected chi connectivity index (χ2v) is 16.3. The predicted octanol–water partition coefficient (Wildman–Crippen LogP) is 8.46. The second-order valence-electron chi connectivity index (χ2n) is 11.5. The summed E-state index contributed by atoms with van der Waals surface area (Å²) >= 11 is 2.93. The number of Topliss-reactive ketones (excluding diaryl/α,β-unsaturated/α-hetero) is 1. The van der Waals surface area contributed by atoms with Crippen molar-refractivity contribution in [1.29, 1.82) is 0 Å². The van der Waals surface area contributed by atoms with Gasteiger partial charge in [-0.3, -0.25) is 4.79 Å². The molecule has 0 fully saturated rings. The number of carbonyl (C=O) groups excluding carboxylic acids is 1. The molecule has 240 valence electrons. The Kier molecular flexibility index (Phi) is 8.33. The van der Waals surface area contributed by atoms with Gasteiger partial charge in [0.25, 0.3) is 0 Å². The van der Waals surface area contributed by atoms with Gasteiger partial charge < -0.3 is 4.57 Å². The molecule has 3 heterocycles. The zero-order valence-corrected chi connectivity index (χ0v) is 29.4. The number of hydrogen-bond acceptors (Lipinski definition) is 7. The van der Waals surface area contributed by atoms with Gasteiger partial charge in [-0.25, -0.2) is 19.4 Å². The number of ketones is 1. The van der Waals surface area contributed by atoms with Gasteiger partial charge in [-0.05, 0) is 30.5 Å². The lowest BCUT2D eigenvalue weighted by Gasteiger charge is -2.27. The summed E-state index contributed by atoms with van der Waals surface area (Å²) < 4.78 is 10.8. The van der Waals surface area contributed by atoms with Crippen molar-refractivity contribution in [3.05, 3.63) is 145 Å². The number of fused-ring (bicyclic) bond motifs is 2. The van der Waals surface area contributed by atoms with E-state index in [2.05, 4.69) is 88.4 Å². The largest absolute Gasteiger partial charge is 0.327 e. The Labute approximate surface area is 292 Å². The molecule has 0 atom stereocenters. The van der Waals surface area contributed by atoms with E-state index in [9.17, 15) is 4.79 Å². The maximum absolute atomic E-state index is 14.1. The molecule has 3 aromatic heterocycles. The van der Waals surface area contributed by atoms with Crippen LogP contribution in [0.1, 0.15) is 9.80 Å². The summed E-state index contributed by atoms with van der Waals surface area (Å²) in [7, 11) is -0.718. The first-order valence-electron chi connectivity index (χ1n) is 15.8. The van der Waals surface area contributed by atoms with Crippen molar-refractivity contribution in [2.24, 2.45) is 11.8 Å². The molecular formula is C39H31N6OPS2. The van der Waals surface area contributed by atoms with Crippen LogP contribution in [0.3, 0.4) is 0 Å². The van der Waals surface area contributed by atoms with Gasteiger partial charge in [0.05, 0.1) is 33.9 Å². The van der Waals surface area contributed by atoms with Gasteiger partial charge in [-0.15, -0.1) is 23.1 Å². The van der Waals surface area contributed by atoms with Gasteiger partial charge in [-0.1, -0.05) is 115 Å². The van der Waals surface area contributed by atoms with E-state index in [1.165, 1.54) is 23.1 Å². The summed E-state index contributed by atoms with van der Waals surface area (Å²) in [6.45, 7) is -0.0193. The Bertz CT molecular complexity index is 2370. The van der Waals surface area contributed by atoms with Crippen molar-refractivity contribution in [1.82, 2.24) is 24.3 Å². The highest BCUT2D eigenvalue weighted by molar-refractivity contribution is 7.98. The van der Waals surface area contributed by atoms with Gasteiger partial charge in [0, 0.05) is 23.0 Å². The fourth-order valence-corrected chi connectivity index (χ4v) is 11.2. The molecule has 0 aliphatic carbocycles. The number of hydrogen-bond donors (Lipinski definition) is 0. The van der Waals surface area contributed by atoms with Crippen molar-refractivity contribution in [3.8, 4) is 11.4 Å². The first-order valence-corrected chi connectivity index (χ1v) is 19.6. The van der Waals surface area contributed by atoms with Gasteiger partial charge in [0.15, 0.2) is 10.8 Å². The molecule has 0 radical (unpaired) electrons. The number of nitrogens with zero attached hydrogens (tertiary/aromatic N) is 6. The fourth-order valence-electron chi connectivity index (χ4n) is 6.24. The van der Waals surface area contributed by atoms with E-state index in [1.54, 1.807) is 4.68 Å². The van der Waals surface area contributed by atoms with Gasteiger partial charge in [-0.2, -0.15) is 5.10 Å². The molecular weight excluding hydrogens is 664 g/mol. The van der Waals surface area contributed by atoms with Crippen LogP contribution in [-0.2, 0) is 13.6 Å². The fraction of sp³-hybridized carbons (Fsp3) is 0.0769. The van der Waals surface area contributed by atoms with E-state index in [1.807, 2.05) is 74.0 Å². The minimum Gasteiger partial charge on any atom is -0.327 e. The lowest BCUT2D eigenvalue weighted by molar-refractivity contribution is 0.0967. The van der Waals surface area contributed by atoms with Gasteiger partial charge in [0.1, 0.15) is 17.4 Å². The standard InChI is InChI=1S/C39H31N6OPS2/c1-44-32-24-14-12-22-30(32)40-36(44)35-37(45(42-39(35)48-2)26-33(46)38-41-31-23-13-15-25-34(31)49-38)43-47(27-16-6-3-7-17-27,28-18-8-4-9-19-28)29-20-10-5-11-21-29/h3-25H,26H2,1-2H3. The SMILES string of the molecule is CSc1nn(CC(=O)c2nc3ccccc3s2)c(N=P(c2ccccc2)(c2ccccc2)c2ccccc2)c1-c1nc2ccccc2n1C. The summed E-state index contributed by atoms with van der Waals surface area (Å²) in [5.74, 6) is 1.24. The molecule has 0 unspecified atom stereocenters. The Morgan fingerprint density at radius 3 is 1.86 bits per heavy atom. The average Bonchev–Trinajstić information content (AvgIpc) is 3.84. The number of thioether (sulfide) groups is 1. The van der Waals surface area contributed by atoms with Crippen molar-refractivity contribution in [2.75, 3.05) is 6.26 Å². The van der Waals surface area contributed by atoms with Crippen molar-refractivity contribution < 1.29 is 4.79 Å². The highest BCUT2D eigenvalue weighted by Crippen LogP contribution is 2.52. The topological polar surface area (TPSA) is 78.0 Å². The molecule has 0 saturated heterocycles. The number of para-hydroxylation sites is 3. The highest BCUT2D eigenvalue weighted by atomic mass is 32.2. The van der Waals surface area contributed by atoms with Crippen LogP contribution in [0.25, 0.3) is 32.6 Å². The Morgan fingerprint density at radius 2 is 1.29 bits per heavy atom. The number of aryl methyl sites for hydroxylation is 1. The lowest BCUT2D eigenvalue weighted by Crippen LogP contribution is -2.25. The molecule has 49 heavy (non-hydrogen) atoms. The number of aromatic nitrogens is 5. The maximum atomic E-state index is 14.1. The number of carbonyl (C=O) groups is 1. The smallest absolute Gasteiger partial charge is 0.212 e. The highest BCUT2D eigenvalue weighted by Gasteiger charge is 2.32. The number of benzene rings is 5. The molecule has 0 saturated carbocycles. The summed E-state index contributed by atoms with van der Waals surface area (Å²) in [6.07, 6.45) is 2.01. The molecule has 5 aromatic carbocycles. The normalized spacial score (nSPS) is 11.7. The molecule has 0 N–H and O–H groups in total. The second kappa shape index (κ2) is 13.1. The van der Waals surface area contributed by atoms with E-state index in [-0.39, 0.29) is 12.3 Å².